The minimum absolute atomic E-state index is 0.0361. The molecule has 4 N–H and O–H groups in total. The normalized spacial score (nSPS) is 17.6. The van der Waals surface area contributed by atoms with Gasteiger partial charge in [-0.3, -0.25) is 23.4 Å². The Bertz CT molecular complexity index is 2970. The maximum Gasteiger partial charge on any atom is 0.438 e. The van der Waals surface area contributed by atoms with Gasteiger partial charge in [-0.25, -0.2) is 19.0 Å². The number of rotatable bonds is 9. The molecule has 1 saturated heterocycles. The van der Waals surface area contributed by atoms with Crippen molar-refractivity contribution in [2.45, 2.75) is 83.3 Å². The predicted molar refractivity (Wildman–Crippen MR) is 250 cm³/mol. The number of benzene rings is 3. The van der Waals surface area contributed by atoms with Crippen LogP contribution in [-0.2, 0) is 10.3 Å². The first-order chi connectivity index (χ1) is 30.6. The summed E-state index contributed by atoms with van der Waals surface area (Å²) in [5.41, 5.74) is 12.0. The van der Waals surface area contributed by atoms with E-state index in [1.165, 1.54) is 15.4 Å². The van der Waals surface area contributed by atoms with Crippen LogP contribution in [0.15, 0.2) is 97.4 Å². The average molecular weight is 888 g/mol. The Morgan fingerprint density at radius 1 is 1.03 bits per heavy atom. The van der Waals surface area contributed by atoms with Gasteiger partial charge in [0.1, 0.15) is 22.9 Å². The van der Waals surface area contributed by atoms with Crippen LogP contribution in [0.25, 0.3) is 16.6 Å². The topological polar surface area (TPSA) is 171 Å². The maximum atomic E-state index is 15.2. The van der Waals surface area contributed by atoms with Crippen LogP contribution in [0.2, 0.25) is 0 Å². The molecule has 2 aliphatic heterocycles. The monoisotopic (exact) mass is 887 g/mol. The average Bonchev–Trinajstić information content (AvgIpc) is 3.56. The summed E-state index contributed by atoms with van der Waals surface area (Å²) < 4.78 is 30.6. The second-order valence-electron chi connectivity index (χ2n) is 18.4. The Balaban J connectivity index is 1.13. The van der Waals surface area contributed by atoms with E-state index in [1.807, 2.05) is 29.8 Å². The quantitative estimate of drug-likeness (QED) is 0.0768. The number of aliphatic imine (C=N–C) groups is 1. The number of aryl methyl sites for hydroxylation is 2. The molecule has 5 heterocycles. The van der Waals surface area contributed by atoms with E-state index in [-0.39, 0.29) is 35.0 Å². The Labute approximate surface area is 371 Å². The lowest BCUT2D eigenvalue weighted by Gasteiger charge is -2.31. The lowest BCUT2D eigenvalue weighted by atomic mass is 9.91. The van der Waals surface area contributed by atoms with Gasteiger partial charge in [0.05, 0.1) is 17.9 Å². The second-order valence-corrected chi connectivity index (χ2v) is 21.3. The van der Waals surface area contributed by atoms with E-state index >= 15 is 4.79 Å². The standard InChI is InChI=1S/C48H55FN9O5P/c1-28-22-33(23-29(2)41(28)49)52-42(57-19-18-56(46(57)61)34-9-11-40(37(26-34)51-6)64(7)47(3,4)5)35-27-55(17-12-36(35)50)43(59)39-25-32-24-31(30-13-20-62-21-14-30)8-10-38(32)58(39)48(15-16-48)44-53-45(60)63-54-44/h8-11,18-19,22-26,30,51H,12-17,20-21,27,50H2,1-7H3,(H,53,54,60). The highest BCUT2D eigenvalue weighted by Gasteiger charge is 2.52. The van der Waals surface area contributed by atoms with Crippen molar-refractivity contribution in [1.29, 1.82) is 0 Å². The molecule has 64 heavy (non-hydrogen) atoms. The Hall–Kier alpha value is -6.05. The molecule has 0 spiro atoms. The molecule has 2 fully saturated rings. The summed E-state index contributed by atoms with van der Waals surface area (Å²) in [6, 6.07) is 17.6. The first-order valence-electron chi connectivity index (χ1n) is 21.9. The number of amides is 1. The summed E-state index contributed by atoms with van der Waals surface area (Å²) in [5.74, 6) is -0.305. The number of nitrogens with zero attached hydrogens (tertiary/aromatic N) is 6. The highest BCUT2D eigenvalue weighted by Crippen LogP contribution is 2.51. The molecule has 6 aromatic rings. The van der Waals surface area contributed by atoms with Gasteiger partial charge < -0.3 is 25.3 Å². The molecule has 0 bridgehead atoms. The van der Waals surface area contributed by atoms with Gasteiger partial charge >= 0.3 is 11.4 Å². The van der Waals surface area contributed by atoms with Crippen molar-refractivity contribution in [3.8, 4) is 5.69 Å². The third kappa shape index (κ3) is 7.72. The molecule has 1 amide bonds. The predicted octanol–water partition coefficient (Wildman–Crippen LogP) is 7.37. The number of fused-ring (bicyclic) bond motifs is 1. The van der Waals surface area contributed by atoms with Crippen molar-refractivity contribution in [3.05, 3.63) is 133 Å². The molecule has 1 unspecified atom stereocenters. The SMILES string of the molecule is CNc1cc(-n2ccn(C(=Nc3cc(C)c(F)c(C)c3)C3=C(N)CCN(C(=O)c4cc5cc(C6CCOCC6)ccc5n4C4(c5noc(=O)[nH]5)CC4)C3)c2=O)ccc1P(C)C(C)(C)C. The summed E-state index contributed by atoms with van der Waals surface area (Å²) in [4.78, 5) is 51.7. The van der Waals surface area contributed by atoms with Crippen LogP contribution in [0.4, 0.5) is 15.8 Å². The third-order valence-corrected chi connectivity index (χ3v) is 16.4. The molecule has 3 aromatic carbocycles. The number of aromatic amines is 1. The van der Waals surface area contributed by atoms with Crippen molar-refractivity contribution in [3.63, 3.8) is 0 Å². The molecule has 0 radical (unpaired) electrons. The number of H-pyrrole nitrogens is 1. The molecule has 14 nitrogen and oxygen atoms in total. The number of imidazole rings is 1. The Morgan fingerprint density at radius 2 is 1.77 bits per heavy atom. The summed E-state index contributed by atoms with van der Waals surface area (Å²) in [7, 11) is 1.36. The van der Waals surface area contributed by atoms with Crippen LogP contribution < -0.4 is 27.8 Å². The van der Waals surface area contributed by atoms with E-state index in [2.05, 4.69) is 67.2 Å². The van der Waals surface area contributed by atoms with E-state index in [0.29, 0.717) is 90.2 Å². The largest absolute Gasteiger partial charge is 0.438 e. The smallest absolute Gasteiger partial charge is 0.402 e. The number of ether oxygens (including phenoxy) is 1. The van der Waals surface area contributed by atoms with Crippen LogP contribution in [-0.4, -0.2) is 85.7 Å². The van der Waals surface area contributed by atoms with Gasteiger partial charge in [0.15, 0.2) is 5.82 Å². The number of carbonyl (C=O) groups is 1. The summed E-state index contributed by atoms with van der Waals surface area (Å²) >= 11 is 0. The summed E-state index contributed by atoms with van der Waals surface area (Å²) in [5, 5.41) is 9.64. The van der Waals surface area contributed by atoms with E-state index < -0.39 is 19.2 Å². The zero-order valence-electron chi connectivity index (χ0n) is 37.4. The van der Waals surface area contributed by atoms with Gasteiger partial charge in [0.2, 0.25) is 0 Å². The summed E-state index contributed by atoms with van der Waals surface area (Å²) in [6.07, 6.45) is 6.78. The first kappa shape index (κ1) is 43.2. The maximum absolute atomic E-state index is 15.2. The zero-order valence-corrected chi connectivity index (χ0v) is 38.3. The van der Waals surface area contributed by atoms with Crippen molar-refractivity contribution in [2.24, 2.45) is 10.7 Å². The van der Waals surface area contributed by atoms with Gasteiger partial charge in [-0.1, -0.05) is 46.0 Å². The molecule has 3 aliphatic rings. The Morgan fingerprint density at radius 3 is 2.42 bits per heavy atom. The van der Waals surface area contributed by atoms with Gasteiger partial charge in [0.25, 0.3) is 5.91 Å². The number of halogens is 1. The molecule has 1 atom stereocenters. The number of hydrogen-bond donors (Lipinski definition) is 3. The van der Waals surface area contributed by atoms with Crippen molar-refractivity contribution >= 4 is 47.2 Å². The van der Waals surface area contributed by atoms with E-state index in [1.54, 1.807) is 47.8 Å². The minimum atomic E-state index is -0.787. The molecule has 1 aliphatic carbocycles. The molecule has 9 rings (SSSR count). The van der Waals surface area contributed by atoms with Crippen LogP contribution in [0.3, 0.4) is 0 Å². The number of anilines is 1. The van der Waals surface area contributed by atoms with Gasteiger partial charge in [-0.05, 0) is 122 Å². The fraction of sp³-hybridized carbons (Fsp3) is 0.396. The number of carbonyl (C=O) groups excluding carboxylic acids is 1. The molecule has 334 valence electrons. The lowest BCUT2D eigenvalue weighted by Crippen LogP contribution is -2.43. The van der Waals surface area contributed by atoms with E-state index in [0.717, 1.165) is 29.4 Å². The van der Waals surface area contributed by atoms with Gasteiger partial charge in [0, 0.05) is 73.5 Å². The number of hydrogen-bond acceptors (Lipinski definition) is 9. The van der Waals surface area contributed by atoms with E-state index in [4.69, 9.17) is 20.0 Å². The second kappa shape index (κ2) is 16.5. The molecule has 3 aromatic heterocycles. The minimum Gasteiger partial charge on any atom is -0.402 e. The zero-order chi connectivity index (χ0) is 45.2. The van der Waals surface area contributed by atoms with Gasteiger partial charge in [-0.15, -0.1) is 0 Å². The van der Waals surface area contributed by atoms with Crippen molar-refractivity contribution < 1.29 is 18.4 Å². The van der Waals surface area contributed by atoms with Crippen molar-refractivity contribution in [2.75, 3.05) is 45.3 Å². The van der Waals surface area contributed by atoms with Crippen LogP contribution in [0.5, 0.6) is 0 Å². The van der Waals surface area contributed by atoms with Crippen LogP contribution in [0.1, 0.15) is 91.8 Å². The Kier molecular flexibility index (Phi) is 11.1. The number of nitrogens with two attached hydrogens (primary N) is 1. The molecular formula is C48H55FN9O5P. The highest BCUT2D eigenvalue weighted by atomic mass is 31.1. The van der Waals surface area contributed by atoms with Crippen molar-refractivity contribution in [1.82, 2.24) is 28.7 Å². The van der Waals surface area contributed by atoms with Crippen LogP contribution in [0, 0.1) is 19.7 Å². The van der Waals surface area contributed by atoms with E-state index in [9.17, 15) is 14.0 Å². The third-order valence-electron chi connectivity index (χ3n) is 13.3. The number of nitrogens with one attached hydrogen (secondary N) is 2. The first-order valence-corrected chi connectivity index (χ1v) is 23.7. The fourth-order valence-corrected chi connectivity index (χ4v) is 10.8. The summed E-state index contributed by atoms with van der Waals surface area (Å²) in [6.45, 7) is 14.1. The highest BCUT2D eigenvalue weighted by molar-refractivity contribution is 7.66. The van der Waals surface area contributed by atoms with Gasteiger partial charge in [-0.2, -0.15) is 0 Å². The molecule has 16 heteroatoms. The molecule has 1 saturated carbocycles. The lowest BCUT2D eigenvalue weighted by molar-refractivity contribution is 0.0753. The fourth-order valence-electron chi connectivity index (χ4n) is 9.22. The molecular weight excluding hydrogens is 833 g/mol. The number of aromatic nitrogens is 5. The van der Waals surface area contributed by atoms with Crippen LogP contribution >= 0.6 is 7.92 Å².